The molecular weight excluding hydrogens is 474 g/mol. The van der Waals surface area contributed by atoms with Gasteiger partial charge in [0, 0.05) is 54.0 Å². The van der Waals surface area contributed by atoms with Gasteiger partial charge in [-0.05, 0) is 54.6 Å². The minimum Gasteiger partial charge on any atom is -0.311 e. The van der Waals surface area contributed by atoms with Crippen LogP contribution in [0.25, 0.3) is 17.0 Å². The largest absolute Gasteiger partial charge is 0.311 e. The van der Waals surface area contributed by atoms with Crippen molar-refractivity contribution in [1.29, 1.82) is 0 Å². The van der Waals surface area contributed by atoms with Crippen molar-refractivity contribution in [3.63, 3.8) is 0 Å². The van der Waals surface area contributed by atoms with E-state index in [1.165, 1.54) is 0 Å². The first-order valence-electron chi connectivity index (χ1n) is 11.2. The number of para-hydroxylation sites is 1. The van der Waals surface area contributed by atoms with E-state index in [9.17, 15) is 9.59 Å². The van der Waals surface area contributed by atoms with Crippen LogP contribution in [0.4, 0.5) is 11.4 Å². The number of hydrogen-bond donors (Lipinski definition) is 0. The summed E-state index contributed by atoms with van der Waals surface area (Å²) in [6, 6.07) is 25.3. The summed E-state index contributed by atoms with van der Waals surface area (Å²) in [5.74, 6) is 0.0179. The molecule has 0 fully saturated rings. The molecule has 7 nitrogen and oxygen atoms in total. The van der Waals surface area contributed by atoms with Gasteiger partial charge in [-0.1, -0.05) is 41.9 Å². The summed E-state index contributed by atoms with van der Waals surface area (Å²) >= 11 is 6.02. The van der Waals surface area contributed by atoms with Crippen molar-refractivity contribution in [3.8, 4) is 11.3 Å². The van der Waals surface area contributed by atoms with Crippen LogP contribution in [0.2, 0.25) is 5.02 Å². The summed E-state index contributed by atoms with van der Waals surface area (Å²) in [4.78, 5) is 38.8. The molecule has 0 radical (unpaired) electrons. The van der Waals surface area contributed by atoms with E-state index in [2.05, 4.69) is 9.97 Å². The molecule has 3 aromatic carbocycles. The van der Waals surface area contributed by atoms with E-state index in [-0.39, 0.29) is 11.8 Å². The molecule has 178 valence electrons. The fourth-order valence-electron chi connectivity index (χ4n) is 3.97. The van der Waals surface area contributed by atoms with Gasteiger partial charge >= 0.3 is 0 Å². The number of hydrogen-bond acceptors (Lipinski definition) is 4. The number of nitrogens with zero attached hydrogens (tertiary/aromatic N) is 5. The van der Waals surface area contributed by atoms with Crippen LogP contribution in [0.1, 0.15) is 20.8 Å². The standard InChI is InChI=1S/C28H22ClN5O2/c1-32(22-7-4-3-5-8-22)26(35)20-11-9-19(10-12-20)24-25(34-18-6-17-30-28(34)31-24)27(36)33(2)23-15-13-21(29)14-16-23/h3-18H,1-2H3. The quantitative estimate of drug-likeness (QED) is 0.318. The van der Waals surface area contributed by atoms with Crippen LogP contribution in [-0.2, 0) is 0 Å². The van der Waals surface area contributed by atoms with E-state index in [1.54, 1.807) is 95.3 Å². The number of anilines is 2. The molecule has 5 rings (SSSR count). The fourth-order valence-corrected chi connectivity index (χ4v) is 4.09. The van der Waals surface area contributed by atoms with E-state index in [1.807, 2.05) is 30.3 Å². The Hall–Kier alpha value is -4.49. The fraction of sp³-hybridized carbons (Fsp3) is 0.0714. The average molecular weight is 496 g/mol. The molecule has 2 amide bonds. The maximum Gasteiger partial charge on any atom is 0.277 e. The van der Waals surface area contributed by atoms with E-state index < -0.39 is 0 Å². The molecular formula is C28H22ClN5O2. The number of carbonyl (C=O) groups is 2. The minimum absolute atomic E-state index is 0.136. The number of aromatic nitrogens is 3. The SMILES string of the molecule is CN(C(=O)c1ccc(-c2nc3ncccn3c2C(=O)N(C)c2ccc(Cl)cc2)cc1)c1ccccc1. The Bertz CT molecular complexity index is 1550. The predicted molar refractivity (Wildman–Crippen MR) is 142 cm³/mol. The van der Waals surface area contributed by atoms with Gasteiger partial charge in [-0.25, -0.2) is 9.97 Å². The second-order valence-corrected chi connectivity index (χ2v) is 8.65. The van der Waals surface area contributed by atoms with E-state index in [0.29, 0.717) is 39.0 Å². The maximum absolute atomic E-state index is 13.7. The van der Waals surface area contributed by atoms with Crippen LogP contribution in [0.3, 0.4) is 0 Å². The van der Waals surface area contributed by atoms with Gasteiger partial charge in [0.15, 0.2) is 0 Å². The Balaban J connectivity index is 1.51. The molecule has 0 unspecified atom stereocenters. The van der Waals surface area contributed by atoms with Crippen LogP contribution in [-0.4, -0.2) is 40.3 Å². The zero-order chi connectivity index (χ0) is 25.2. The van der Waals surface area contributed by atoms with Crippen LogP contribution in [0, 0.1) is 0 Å². The van der Waals surface area contributed by atoms with Crippen molar-refractivity contribution < 1.29 is 9.59 Å². The summed E-state index contributed by atoms with van der Waals surface area (Å²) in [5, 5.41) is 0.590. The molecule has 0 spiro atoms. The van der Waals surface area contributed by atoms with Crippen LogP contribution >= 0.6 is 11.6 Å². The van der Waals surface area contributed by atoms with Crippen molar-refractivity contribution in [3.05, 3.63) is 114 Å². The number of benzene rings is 3. The first kappa shape index (κ1) is 23.3. The van der Waals surface area contributed by atoms with Crippen LogP contribution in [0.15, 0.2) is 97.3 Å². The lowest BCUT2D eigenvalue weighted by Crippen LogP contribution is -2.28. The molecule has 0 atom stereocenters. The molecule has 0 bridgehead atoms. The van der Waals surface area contributed by atoms with Crippen molar-refractivity contribution in [2.24, 2.45) is 0 Å². The number of amides is 2. The highest BCUT2D eigenvalue weighted by atomic mass is 35.5. The van der Waals surface area contributed by atoms with Crippen LogP contribution in [0.5, 0.6) is 0 Å². The Labute approximate surface area is 213 Å². The first-order chi connectivity index (χ1) is 17.4. The Morgan fingerprint density at radius 2 is 1.42 bits per heavy atom. The second kappa shape index (κ2) is 9.64. The highest BCUT2D eigenvalue weighted by molar-refractivity contribution is 6.30. The summed E-state index contributed by atoms with van der Waals surface area (Å²) in [6.45, 7) is 0. The lowest BCUT2D eigenvalue weighted by atomic mass is 10.1. The maximum atomic E-state index is 13.7. The number of rotatable bonds is 5. The Kier molecular flexibility index (Phi) is 6.23. The van der Waals surface area contributed by atoms with E-state index >= 15 is 0 Å². The monoisotopic (exact) mass is 495 g/mol. The molecule has 0 N–H and O–H groups in total. The number of carbonyl (C=O) groups excluding carboxylic acids is 2. The zero-order valence-electron chi connectivity index (χ0n) is 19.7. The highest BCUT2D eigenvalue weighted by Gasteiger charge is 2.25. The van der Waals surface area contributed by atoms with Crippen molar-refractivity contribution in [2.45, 2.75) is 0 Å². The summed E-state index contributed by atoms with van der Waals surface area (Å²) in [6.07, 6.45) is 3.39. The number of halogens is 1. The molecule has 0 saturated carbocycles. The Morgan fingerprint density at radius 3 is 2.11 bits per heavy atom. The van der Waals surface area contributed by atoms with Crippen molar-refractivity contribution in [2.75, 3.05) is 23.9 Å². The molecule has 2 heterocycles. The summed E-state index contributed by atoms with van der Waals surface area (Å²) < 4.78 is 1.67. The lowest BCUT2D eigenvalue weighted by molar-refractivity contribution is 0.0982. The molecule has 8 heteroatoms. The van der Waals surface area contributed by atoms with Gasteiger partial charge in [0.25, 0.3) is 11.8 Å². The first-order valence-corrected chi connectivity index (χ1v) is 11.6. The van der Waals surface area contributed by atoms with E-state index in [0.717, 1.165) is 5.69 Å². The highest BCUT2D eigenvalue weighted by Crippen LogP contribution is 2.28. The molecule has 0 aliphatic rings. The molecule has 0 saturated heterocycles. The normalized spacial score (nSPS) is 10.9. The third kappa shape index (κ3) is 4.32. The second-order valence-electron chi connectivity index (χ2n) is 8.22. The summed E-state index contributed by atoms with van der Waals surface area (Å²) in [5.41, 5.74) is 3.58. The van der Waals surface area contributed by atoms with E-state index in [4.69, 9.17) is 11.6 Å². The molecule has 0 aliphatic carbocycles. The van der Waals surface area contributed by atoms with Gasteiger partial charge in [-0.3, -0.25) is 14.0 Å². The number of fused-ring (bicyclic) bond motifs is 1. The third-order valence-corrected chi connectivity index (χ3v) is 6.23. The Morgan fingerprint density at radius 1 is 0.778 bits per heavy atom. The smallest absolute Gasteiger partial charge is 0.277 e. The van der Waals surface area contributed by atoms with Crippen LogP contribution < -0.4 is 9.80 Å². The molecule has 0 aliphatic heterocycles. The average Bonchev–Trinajstić information content (AvgIpc) is 3.32. The minimum atomic E-state index is -0.253. The van der Waals surface area contributed by atoms with Crippen molar-refractivity contribution in [1.82, 2.24) is 14.4 Å². The lowest BCUT2D eigenvalue weighted by Gasteiger charge is -2.18. The topological polar surface area (TPSA) is 70.8 Å². The third-order valence-electron chi connectivity index (χ3n) is 5.98. The molecule has 36 heavy (non-hydrogen) atoms. The predicted octanol–water partition coefficient (Wildman–Crippen LogP) is 5.60. The molecule has 2 aromatic heterocycles. The van der Waals surface area contributed by atoms with Gasteiger partial charge in [-0.15, -0.1) is 0 Å². The molecule has 5 aromatic rings. The van der Waals surface area contributed by atoms with Gasteiger partial charge in [0.05, 0.1) is 0 Å². The van der Waals surface area contributed by atoms with Gasteiger partial charge in [0.2, 0.25) is 5.78 Å². The van der Waals surface area contributed by atoms with Crippen molar-refractivity contribution >= 4 is 40.6 Å². The van der Waals surface area contributed by atoms with Gasteiger partial charge < -0.3 is 9.80 Å². The zero-order valence-corrected chi connectivity index (χ0v) is 20.4. The van der Waals surface area contributed by atoms with Gasteiger partial charge in [-0.2, -0.15) is 0 Å². The number of imidazole rings is 1. The summed E-state index contributed by atoms with van der Waals surface area (Å²) in [7, 11) is 3.44. The van der Waals surface area contributed by atoms with Gasteiger partial charge in [0.1, 0.15) is 11.4 Å².